The number of nitrogens with zero attached hydrogens (tertiary/aromatic N) is 1. The van der Waals surface area contributed by atoms with Crippen LogP contribution in [0.3, 0.4) is 0 Å². The number of hydrogen-bond acceptors (Lipinski definition) is 5. The zero-order chi connectivity index (χ0) is 21.8. The van der Waals surface area contributed by atoms with Crippen molar-refractivity contribution in [2.24, 2.45) is 0 Å². The van der Waals surface area contributed by atoms with Gasteiger partial charge in [0.2, 0.25) is 0 Å². The molecule has 0 saturated heterocycles. The van der Waals surface area contributed by atoms with Crippen LogP contribution in [0.2, 0.25) is 0 Å². The summed E-state index contributed by atoms with van der Waals surface area (Å²) in [5, 5.41) is 0. The molecule has 1 heterocycles. The Morgan fingerprint density at radius 3 is 2.53 bits per heavy atom. The molecule has 0 atom stereocenters. The Labute approximate surface area is 184 Å². The Hall–Kier alpha value is -2.67. The Balaban J connectivity index is 1.46. The van der Waals surface area contributed by atoms with Crippen molar-refractivity contribution in [3.05, 3.63) is 63.1 Å². The quantitative estimate of drug-likeness (QED) is 0.320. The molecule has 0 N–H and O–H groups in total. The van der Waals surface area contributed by atoms with Crippen molar-refractivity contribution in [3.8, 4) is 5.75 Å². The van der Waals surface area contributed by atoms with E-state index in [-0.39, 0.29) is 37.5 Å². The third kappa shape index (κ3) is 4.90. The van der Waals surface area contributed by atoms with Crippen LogP contribution >= 0.6 is 15.9 Å². The molecule has 6 nitrogen and oxygen atoms in total. The number of imide groups is 1. The van der Waals surface area contributed by atoms with Gasteiger partial charge >= 0.3 is 5.97 Å². The number of amides is 2. The fourth-order valence-corrected chi connectivity index (χ4v) is 3.66. The van der Waals surface area contributed by atoms with Crippen LogP contribution in [0.5, 0.6) is 5.75 Å². The lowest BCUT2D eigenvalue weighted by molar-refractivity contribution is -0.146. The van der Waals surface area contributed by atoms with Gasteiger partial charge in [-0.3, -0.25) is 14.5 Å². The molecule has 3 rings (SSSR count). The van der Waals surface area contributed by atoms with Gasteiger partial charge in [0.1, 0.15) is 5.75 Å². The molecule has 0 bridgehead atoms. The van der Waals surface area contributed by atoms with Crippen molar-refractivity contribution < 1.29 is 23.9 Å². The van der Waals surface area contributed by atoms with Gasteiger partial charge in [0, 0.05) is 11.0 Å². The van der Waals surface area contributed by atoms with Crippen molar-refractivity contribution in [1.29, 1.82) is 0 Å². The third-order valence-corrected chi connectivity index (χ3v) is 5.35. The van der Waals surface area contributed by atoms with E-state index in [0.29, 0.717) is 23.3 Å². The van der Waals surface area contributed by atoms with Crippen LogP contribution in [0.15, 0.2) is 40.9 Å². The van der Waals surface area contributed by atoms with Gasteiger partial charge in [0.15, 0.2) is 6.61 Å². The SMILES string of the molecule is Cc1ccc(C(C)C)c(OCC(=O)OCCCN2C(=O)c3ccc(Br)cc3C2=O)c1. The summed E-state index contributed by atoms with van der Waals surface area (Å²) in [4.78, 5) is 38.0. The zero-order valence-corrected chi connectivity index (χ0v) is 18.8. The highest BCUT2D eigenvalue weighted by Gasteiger charge is 2.35. The molecule has 1 aliphatic rings. The number of esters is 1. The van der Waals surface area contributed by atoms with Crippen LogP contribution in [0.4, 0.5) is 0 Å². The highest BCUT2D eigenvalue weighted by Crippen LogP contribution is 2.28. The summed E-state index contributed by atoms with van der Waals surface area (Å²) >= 11 is 3.31. The molecule has 0 aliphatic carbocycles. The number of rotatable bonds is 8. The average molecular weight is 474 g/mol. The number of ether oxygens (including phenoxy) is 2. The zero-order valence-electron chi connectivity index (χ0n) is 17.2. The van der Waals surface area contributed by atoms with Gasteiger partial charge in [-0.1, -0.05) is 41.9 Å². The summed E-state index contributed by atoms with van der Waals surface area (Å²) in [6.45, 7) is 6.19. The molecule has 30 heavy (non-hydrogen) atoms. The van der Waals surface area contributed by atoms with Crippen LogP contribution in [0.25, 0.3) is 0 Å². The van der Waals surface area contributed by atoms with Crippen LogP contribution in [-0.2, 0) is 9.53 Å². The molecular formula is C23H24BrNO5. The van der Waals surface area contributed by atoms with Crippen LogP contribution in [-0.4, -0.2) is 42.4 Å². The molecule has 0 fully saturated rings. The van der Waals surface area contributed by atoms with Crippen molar-refractivity contribution in [1.82, 2.24) is 4.90 Å². The molecule has 2 aromatic carbocycles. The van der Waals surface area contributed by atoms with Crippen molar-refractivity contribution in [2.45, 2.75) is 33.1 Å². The normalized spacial score (nSPS) is 13.0. The Bertz CT molecular complexity index is 986. The summed E-state index contributed by atoms with van der Waals surface area (Å²) < 4.78 is 11.6. The van der Waals surface area contributed by atoms with E-state index in [1.165, 1.54) is 4.90 Å². The monoisotopic (exact) mass is 473 g/mol. The topological polar surface area (TPSA) is 72.9 Å². The van der Waals surface area contributed by atoms with Gasteiger partial charge in [-0.15, -0.1) is 0 Å². The van der Waals surface area contributed by atoms with Crippen molar-refractivity contribution in [3.63, 3.8) is 0 Å². The Kier molecular flexibility index (Phi) is 6.92. The average Bonchev–Trinajstić information content (AvgIpc) is 2.93. The molecule has 0 unspecified atom stereocenters. The van der Waals surface area contributed by atoms with Gasteiger partial charge in [-0.25, -0.2) is 4.79 Å². The number of hydrogen-bond donors (Lipinski definition) is 0. The second-order valence-electron chi connectivity index (χ2n) is 7.51. The van der Waals surface area contributed by atoms with E-state index in [1.54, 1.807) is 18.2 Å². The fourth-order valence-electron chi connectivity index (χ4n) is 3.30. The van der Waals surface area contributed by atoms with Crippen molar-refractivity contribution >= 4 is 33.7 Å². The number of benzene rings is 2. The summed E-state index contributed by atoms with van der Waals surface area (Å²) in [5.41, 5.74) is 2.87. The molecule has 1 aliphatic heterocycles. The maximum absolute atomic E-state index is 12.4. The minimum atomic E-state index is -0.488. The number of carbonyl (C=O) groups is 3. The fraction of sp³-hybridized carbons (Fsp3) is 0.348. The lowest BCUT2D eigenvalue weighted by Crippen LogP contribution is -2.31. The maximum atomic E-state index is 12.4. The van der Waals surface area contributed by atoms with Gasteiger partial charge in [0.25, 0.3) is 11.8 Å². The number of halogens is 1. The first-order valence-corrected chi connectivity index (χ1v) is 10.6. The first-order valence-electron chi connectivity index (χ1n) is 9.82. The van der Waals surface area contributed by atoms with Gasteiger partial charge in [0.05, 0.1) is 17.7 Å². The predicted octanol–water partition coefficient (Wildman–Crippen LogP) is 4.49. The first-order chi connectivity index (χ1) is 14.3. The lowest BCUT2D eigenvalue weighted by atomic mass is 10.0. The van der Waals surface area contributed by atoms with Crippen LogP contribution in [0, 0.1) is 6.92 Å². The largest absolute Gasteiger partial charge is 0.482 e. The second-order valence-corrected chi connectivity index (χ2v) is 8.43. The molecule has 0 aromatic heterocycles. The van der Waals surface area contributed by atoms with Crippen LogP contribution < -0.4 is 4.74 Å². The maximum Gasteiger partial charge on any atom is 0.344 e. The van der Waals surface area contributed by atoms with Crippen LogP contribution in [0.1, 0.15) is 58.0 Å². The first kappa shape index (κ1) is 22.0. The second kappa shape index (κ2) is 9.43. The summed E-state index contributed by atoms with van der Waals surface area (Å²) in [6, 6.07) is 10.9. The summed E-state index contributed by atoms with van der Waals surface area (Å²) in [7, 11) is 0. The van der Waals surface area contributed by atoms with E-state index < -0.39 is 5.97 Å². The molecular weight excluding hydrogens is 450 g/mol. The van der Waals surface area contributed by atoms with Gasteiger partial charge in [-0.05, 0) is 54.7 Å². The Morgan fingerprint density at radius 1 is 1.07 bits per heavy atom. The standard InChI is InChI=1S/C23H24BrNO5/c1-14(2)17-7-5-15(3)11-20(17)30-13-21(26)29-10-4-9-25-22(27)18-8-6-16(24)12-19(18)23(25)28/h5-8,11-12,14H,4,9-10,13H2,1-3H3. The highest BCUT2D eigenvalue weighted by molar-refractivity contribution is 9.10. The minimum Gasteiger partial charge on any atom is -0.482 e. The molecule has 2 aromatic rings. The number of carbonyl (C=O) groups excluding carboxylic acids is 3. The summed E-state index contributed by atoms with van der Waals surface area (Å²) in [6.07, 6.45) is 0.361. The van der Waals surface area contributed by atoms with Gasteiger partial charge in [-0.2, -0.15) is 0 Å². The minimum absolute atomic E-state index is 0.101. The van der Waals surface area contributed by atoms with E-state index in [1.807, 2.05) is 25.1 Å². The lowest BCUT2D eigenvalue weighted by Gasteiger charge is -2.15. The number of aryl methyl sites for hydroxylation is 1. The third-order valence-electron chi connectivity index (χ3n) is 4.86. The predicted molar refractivity (Wildman–Crippen MR) is 116 cm³/mol. The number of fused-ring (bicyclic) bond motifs is 1. The van der Waals surface area contributed by atoms with Gasteiger partial charge < -0.3 is 9.47 Å². The molecule has 0 saturated carbocycles. The smallest absolute Gasteiger partial charge is 0.344 e. The molecule has 158 valence electrons. The van der Waals surface area contributed by atoms with E-state index >= 15 is 0 Å². The van der Waals surface area contributed by atoms with E-state index in [4.69, 9.17) is 9.47 Å². The molecule has 2 amide bonds. The molecule has 0 spiro atoms. The van der Waals surface area contributed by atoms with E-state index in [9.17, 15) is 14.4 Å². The Morgan fingerprint density at radius 2 is 1.80 bits per heavy atom. The molecule has 7 heteroatoms. The highest BCUT2D eigenvalue weighted by atomic mass is 79.9. The van der Waals surface area contributed by atoms with Crippen molar-refractivity contribution in [2.75, 3.05) is 19.8 Å². The summed E-state index contributed by atoms with van der Waals surface area (Å²) in [5.74, 6) is -0.182. The molecule has 0 radical (unpaired) electrons. The van der Waals surface area contributed by atoms with E-state index in [0.717, 1.165) is 15.6 Å². The van der Waals surface area contributed by atoms with E-state index in [2.05, 4.69) is 29.8 Å².